The molecule has 2 aliphatic carbocycles. The topological polar surface area (TPSA) is 30.5 Å². The number of hydrogen-bond donors (Lipinski definition) is 1. The third-order valence-corrected chi connectivity index (χ3v) is 4.60. The zero-order valence-electron chi connectivity index (χ0n) is 11.9. The van der Waals surface area contributed by atoms with Crippen LogP contribution in [0.3, 0.4) is 0 Å². The Hall–Kier alpha value is -1.22. The first-order valence-corrected chi connectivity index (χ1v) is 7.27. The molecule has 0 saturated heterocycles. The van der Waals surface area contributed by atoms with Crippen LogP contribution in [0.1, 0.15) is 36.3 Å². The highest BCUT2D eigenvalue weighted by atomic mass is 16.5. The number of fused-ring (bicyclic) bond motifs is 1. The Morgan fingerprint density at radius 2 is 1.84 bits per heavy atom. The van der Waals surface area contributed by atoms with Crippen molar-refractivity contribution in [3.05, 3.63) is 23.3 Å². The number of methoxy groups -OCH3 is 2. The number of nitrogens with one attached hydrogen (secondary N) is 1. The van der Waals surface area contributed by atoms with Gasteiger partial charge in [-0.2, -0.15) is 0 Å². The average Bonchev–Trinajstić information content (AvgIpc) is 2.36. The summed E-state index contributed by atoms with van der Waals surface area (Å²) in [4.78, 5) is 0. The van der Waals surface area contributed by atoms with Crippen LogP contribution in [0.25, 0.3) is 0 Å². The van der Waals surface area contributed by atoms with Gasteiger partial charge in [0.2, 0.25) is 0 Å². The SMILES string of the molecule is COc1cc2c(cc1OC)[C@@H](CNCC1CCC1)C2. The molecule has 1 atom stereocenters. The molecule has 0 heterocycles. The minimum absolute atomic E-state index is 0.648. The van der Waals surface area contributed by atoms with Gasteiger partial charge in [0.1, 0.15) is 0 Å². The highest BCUT2D eigenvalue weighted by molar-refractivity contribution is 5.53. The van der Waals surface area contributed by atoms with E-state index in [0.717, 1.165) is 30.4 Å². The van der Waals surface area contributed by atoms with E-state index in [9.17, 15) is 0 Å². The Morgan fingerprint density at radius 3 is 2.47 bits per heavy atom. The predicted molar refractivity (Wildman–Crippen MR) is 76.2 cm³/mol. The Balaban J connectivity index is 1.58. The van der Waals surface area contributed by atoms with Crippen molar-refractivity contribution in [1.82, 2.24) is 5.32 Å². The molecule has 1 aromatic rings. The van der Waals surface area contributed by atoms with Crippen molar-refractivity contribution < 1.29 is 9.47 Å². The number of benzene rings is 1. The lowest BCUT2D eigenvalue weighted by Crippen LogP contribution is -2.34. The van der Waals surface area contributed by atoms with Crippen LogP contribution in [0.4, 0.5) is 0 Å². The zero-order valence-corrected chi connectivity index (χ0v) is 11.9. The molecule has 1 N–H and O–H groups in total. The second-order valence-corrected chi connectivity index (χ2v) is 5.76. The second kappa shape index (κ2) is 5.41. The first-order chi connectivity index (χ1) is 9.31. The summed E-state index contributed by atoms with van der Waals surface area (Å²) < 4.78 is 10.7. The Bertz CT molecular complexity index is 454. The number of hydrogen-bond acceptors (Lipinski definition) is 3. The van der Waals surface area contributed by atoms with Crippen molar-refractivity contribution in [1.29, 1.82) is 0 Å². The van der Waals surface area contributed by atoms with Gasteiger partial charge in [0, 0.05) is 12.5 Å². The number of rotatable bonds is 6. The zero-order chi connectivity index (χ0) is 13.2. The minimum Gasteiger partial charge on any atom is -0.493 e. The first-order valence-electron chi connectivity index (χ1n) is 7.27. The van der Waals surface area contributed by atoms with E-state index < -0.39 is 0 Å². The van der Waals surface area contributed by atoms with Gasteiger partial charge in [-0.15, -0.1) is 0 Å². The van der Waals surface area contributed by atoms with Crippen molar-refractivity contribution in [3.63, 3.8) is 0 Å². The summed E-state index contributed by atoms with van der Waals surface area (Å²) in [5.41, 5.74) is 2.84. The molecule has 19 heavy (non-hydrogen) atoms. The van der Waals surface area contributed by atoms with Gasteiger partial charge in [-0.25, -0.2) is 0 Å². The Morgan fingerprint density at radius 1 is 1.11 bits per heavy atom. The maximum Gasteiger partial charge on any atom is 0.161 e. The van der Waals surface area contributed by atoms with Crippen molar-refractivity contribution in [2.45, 2.75) is 31.6 Å². The fraction of sp³-hybridized carbons (Fsp3) is 0.625. The predicted octanol–water partition coefficient (Wildman–Crippen LogP) is 2.73. The smallest absolute Gasteiger partial charge is 0.161 e. The third kappa shape index (κ3) is 2.44. The Labute approximate surface area is 115 Å². The summed E-state index contributed by atoms with van der Waals surface area (Å²) in [6.07, 6.45) is 5.42. The van der Waals surface area contributed by atoms with E-state index in [1.807, 2.05) is 0 Å². The molecule has 0 aromatic heterocycles. The molecule has 0 bridgehead atoms. The molecule has 3 rings (SSSR count). The van der Waals surface area contributed by atoms with Gasteiger partial charge in [0.25, 0.3) is 0 Å². The molecular formula is C16H23NO2. The fourth-order valence-electron chi connectivity index (χ4n) is 3.08. The molecule has 0 amide bonds. The molecule has 0 unspecified atom stereocenters. The maximum atomic E-state index is 5.38. The quantitative estimate of drug-likeness (QED) is 0.854. The summed E-state index contributed by atoms with van der Waals surface area (Å²) in [6, 6.07) is 4.27. The van der Waals surface area contributed by atoms with E-state index in [2.05, 4.69) is 17.4 Å². The van der Waals surface area contributed by atoms with E-state index >= 15 is 0 Å². The summed E-state index contributed by atoms with van der Waals surface area (Å²) in [5, 5.41) is 3.62. The van der Waals surface area contributed by atoms with Crippen LogP contribution < -0.4 is 14.8 Å². The van der Waals surface area contributed by atoms with Crippen LogP contribution in [-0.4, -0.2) is 27.3 Å². The van der Waals surface area contributed by atoms with Crippen LogP contribution in [0.2, 0.25) is 0 Å². The molecule has 0 aliphatic heterocycles. The summed E-state index contributed by atoms with van der Waals surface area (Å²) in [7, 11) is 3.40. The fourth-order valence-corrected chi connectivity index (χ4v) is 3.08. The van der Waals surface area contributed by atoms with Gasteiger partial charge in [-0.05, 0) is 55.0 Å². The largest absolute Gasteiger partial charge is 0.493 e. The number of ether oxygens (including phenoxy) is 2. The summed E-state index contributed by atoms with van der Waals surface area (Å²) in [5.74, 6) is 3.28. The van der Waals surface area contributed by atoms with Crippen molar-refractivity contribution in [2.24, 2.45) is 5.92 Å². The second-order valence-electron chi connectivity index (χ2n) is 5.76. The van der Waals surface area contributed by atoms with E-state index in [0.29, 0.717) is 5.92 Å². The lowest BCUT2D eigenvalue weighted by Gasteiger charge is -2.33. The Kier molecular flexibility index (Phi) is 3.65. The van der Waals surface area contributed by atoms with Gasteiger partial charge in [-0.1, -0.05) is 6.42 Å². The van der Waals surface area contributed by atoms with Crippen molar-refractivity contribution in [2.75, 3.05) is 27.3 Å². The highest BCUT2D eigenvalue weighted by Crippen LogP contribution is 2.42. The third-order valence-electron chi connectivity index (χ3n) is 4.60. The summed E-state index contributed by atoms with van der Waals surface area (Å²) in [6.45, 7) is 2.29. The molecule has 3 heteroatoms. The van der Waals surface area contributed by atoms with Gasteiger partial charge < -0.3 is 14.8 Å². The first kappa shape index (κ1) is 12.8. The maximum absolute atomic E-state index is 5.38. The van der Waals surface area contributed by atoms with E-state index in [-0.39, 0.29) is 0 Å². The lowest BCUT2D eigenvalue weighted by molar-refractivity contribution is 0.297. The lowest BCUT2D eigenvalue weighted by atomic mass is 9.77. The van der Waals surface area contributed by atoms with Gasteiger partial charge >= 0.3 is 0 Å². The normalized spacial score (nSPS) is 21.3. The molecule has 0 radical (unpaired) electrons. The molecule has 1 fully saturated rings. The van der Waals surface area contributed by atoms with Crippen LogP contribution in [0, 0.1) is 5.92 Å². The molecule has 1 saturated carbocycles. The van der Waals surface area contributed by atoms with Crippen molar-refractivity contribution in [3.8, 4) is 11.5 Å². The standard InChI is InChI=1S/C16H23NO2/c1-18-15-7-12-6-13(14(12)8-16(15)19-2)10-17-9-11-4-3-5-11/h7-8,11,13,17H,3-6,9-10H2,1-2H3/t13-/m1/s1. The van der Waals surface area contributed by atoms with E-state index in [1.54, 1.807) is 14.2 Å². The van der Waals surface area contributed by atoms with Crippen LogP contribution in [0.5, 0.6) is 11.5 Å². The van der Waals surface area contributed by atoms with Gasteiger partial charge in [0.15, 0.2) is 11.5 Å². The van der Waals surface area contributed by atoms with Gasteiger partial charge in [-0.3, -0.25) is 0 Å². The van der Waals surface area contributed by atoms with E-state index in [1.165, 1.54) is 36.9 Å². The van der Waals surface area contributed by atoms with Crippen LogP contribution in [-0.2, 0) is 6.42 Å². The molecule has 1 aromatic carbocycles. The van der Waals surface area contributed by atoms with Gasteiger partial charge in [0.05, 0.1) is 14.2 Å². The van der Waals surface area contributed by atoms with Crippen molar-refractivity contribution >= 4 is 0 Å². The highest BCUT2D eigenvalue weighted by Gasteiger charge is 2.28. The van der Waals surface area contributed by atoms with E-state index in [4.69, 9.17) is 9.47 Å². The summed E-state index contributed by atoms with van der Waals surface area (Å²) >= 11 is 0. The van der Waals surface area contributed by atoms with Crippen LogP contribution >= 0.6 is 0 Å². The molecule has 2 aliphatic rings. The molecule has 104 valence electrons. The molecular weight excluding hydrogens is 238 g/mol. The molecule has 3 nitrogen and oxygen atoms in total. The molecule has 0 spiro atoms. The monoisotopic (exact) mass is 261 g/mol. The van der Waals surface area contributed by atoms with Crippen LogP contribution in [0.15, 0.2) is 12.1 Å². The minimum atomic E-state index is 0.648. The average molecular weight is 261 g/mol.